The Labute approximate surface area is 131 Å². The smallest absolute Gasteiger partial charge is 0.251 e. The largest absolute Gasteiger partial charge is 0.505 e. The molecule has 0 fully saturated rings. The Hall–Kier alpha value is -2.23. The van der Waals surface area contributed by atoms with Crippen LogP contribution < -0.4 is 10.5 Å². The molecule has 0 saturated heterocycles. The molecule has 2 N–H and O–H groups in total. The Morgan fingerprint density at radius 2 is 1.86 bits per heavy atom. The molecule has 2 aromatic rings. The minimum Gasteiger partial charge on any atom is -0.505 e. The van der Waals surface area contributed by atoms with Crippen LogP contribution in [0.25, 0.3) is 0 Å². The molecular weight excluding hydrogens is 276 g/mol. The van der Waals surface area contributed by atoms with E-state index < -0.39 is 0 Å². The van der Waals surface area contributed by atoms with Gasteiger partial charge in [-0.05, 0) is 31.4 Å². The summed E-state index contributed by atoms with van der Waals surface area (Å²) in [5, 5.41) is 10.4. The third kappa shape index (κ3) is 3.70. The molecule has 1 aromatic heterocycles. The van der Waals surface area contributed by atoms with Crippen LogP contribution in [0.3, 0.4) is 0 Å². The van der Waals surface area contributed by atoms with Crippen LogP contribution >= 0.6 is 0 Å². The van der Waals surface area contributed by atoms with Crippen molar-refractivity contribution in [3.63, 3.8) is 0 Å². The molecule has 1 aromatic carbocycles. The van der Waals surface area contributed by atoms with Crippen LogP contribution in [0.5, 0.6) is 5.75 Å². The van der Waals surface area contributed by atoms with Crippen molar-refractivity contribution in [3.8, 4) is 5.75 Å². The summed E-state index contributed by atoms with van der Waals surface area (Å²) in [5.74, 6) is 0.0483. The van der Waals surface area contributed by atoms with Gasteiger partial charge in [0.05, 0.1) is 0 Å². The fourth-order valence-corrected chi connectivity index (χ4v) is 2.63. The number of H-pyrrole nitrogens is 1. The average Bonchev–Trinajstić information content (AvgIpc) is 2.52. The zero-order valence-electron chi connectivity index (χ0n) is 13.3. The highest BCUT2D eigenvalue weighted by molar-refractivity contribution is 5.70. The van der Waals surface area contributed by atoms with E-state index in [1.165, 1.54) is 6.07 Å². The van der Waals surface area contributed by atoms with Crippen molar-refractivity contribution in [3.05, 3.63) is 52.4 Å². The fraction of sp³-hybridized carbons (Fsp3) is 0.389. The van der Waals surface area contributed by atoms with E-state index in [0.717, 1.165) is 49.3 Å². The molecule has 1 heterocycles. The Morgan fingerprint density at radius 1 is 1.14 bits per heavy atom. The van der Waals surface area contributed by atoms with Crippen LogP contribution in [-0.2, 0) is 6.42 Å². The number of anilines is 2. The molecule has 0 unspecified atom stereocenters. The van der Waals surface area contributed by atoms with E-state index in [-0.39, 0.29) is 11.3 Å². The maximum absolute atomic E-state index is 11.7. The maximum Gasteiger partial charge on any atom is 0.251 e. The van der Waals surface area contributed by atoms with Crippen molar-refractivity contribution in [1.82, 2.24) is 4.98 Å². The number of nitrogens with zero attached hydrogens (tertiary/aromatic N) is 1. The van der Waals surface area contributed by atoms with E-state index in [2.05, 4.69) is 23.7 Å². The summed E-state index contributed by atoms with van der Waals surface area (Å²) >= 11 is 0. The van der Waals surface area contributed by atoms with E-state index >= 15 is 0 Å². The lowest BCUT2D eigenvalue weighted by atomic mass is 10.1. The van der Waals surface area contributed by atoms with Gasteiger partial charge in [-0.15, -0.1) is 0 Å². The van der Waals surface area contributed by atoms with Gasteiger partial charge in [-0.2, -0.15) is 0 Å². The molecule has 0 amide bonds. The van der Waals surface area contributed by atoms with Crippen LogP contribution in [0, 0.1) is 0 Å². The standard InChI is InChI=1S/C18H24N2O2/c1-3-5-11-15-18(16(21)13-17(22)19-15)20(12-4-2)14-9-7-6-8-10-14/h6-10,13H,3-5,11-12H2,1-2H3,(H2,19,21,22). The van der Waals surface area contributed by atoms with Gasteiger partial charge in [-0.25, -0.2) is 0 Å². The van der Waals surface area contributed by atoms with Gasteiger partial charge in [0.15, 0.2) is 0 Å². The van der Waals surface area contributed by atoms with E-state index in [4.69, 9.17) is 0 Å². The maximum atomic E-state index is 11.7. The molecule has 0 atom stereocenters. The van der Waals surface area contributed by atoms with E-state index in [1.54, 1.807) is 0 Å². The molecule has 0 radical (unpaired) electrons. The molecule has 4 heteroatoms. The number of aryl methyl sites for hydroxylation is 1. The van der Waals surface area contributed by atoms with Crippen LogP contribution in [-0.4, -0.2) is 16.6 Å². The molecule has 0 bridgehead atoms. The number of benzene rings is 1. The van der Waals surface area contributed by atoms with Crippen LogP contribution in [0.4, 0.5) is 11.4 Å². The molecule has 0 saturated carbocycles. The fourth-order valence-electron chi connectivity index (χ4n) is 2.63. The third-order valence-corrected chi connectivity index (χ3v) is 3.64. The Balaban J connectivity index is 2.52. The van der Waals surface area contributed by atoms with Crippen molar-refractivity contribution in [2.45, 2.75) is 39.5 Å². The predicted molar refractivity (Wildman–Crippen MR) is 91.1 cm³/mol. The van der Waals surface area contributed by atoms with Crippen LogP contribution in [0.15, 0.2) is 41.2 Å². The number of hydrogen-bond acceptors (Lipinski definition) is 3. The first-order valence-corrected chi connectivity index (χ1v) is 7.95. The van der Waals surface area contributed by atoms with E-state index in [0.29, 0.717) is 0 Å². The Bertz CT molecular complexity index is 650. The number of hydrogen-bond donors (Lipinski definition) is 2. The van der Waals surface area contributed by atoms with Gasteiger partial charge in [-0.3, -0.25) is 4.79 Å². The summed E-state index contributed by atoms with van der Waals surface area (Å²) in [4.78, 5) is 16.7. The highest BCUT2D eigenvalue weighted by atomic mass is 16.3. The first-order chi connectivity index (χ1) is 10.7. The first kappa shape index (κ1) is 16.1. The summed E-state index contributed by atoms with van der Waals surface area (Å²) in [6.07, 6.45) is 3.71. The van der Waals surface area contributed by atoms with Gasteiger partial charge < -0.3 is 15.0 Å². The molecule has 0 aliphatic carbocycles. The summed E-state index contributed by atoms with van der Waals surface area (Å²) in [6.45, 7) is 4.99. The summed E-state index contributed by atoms with van der Waals surface area (Å²) in [7, 11) is 0. The lowest BCUT2D eigenvalue weighted by Crippen LogP contribution is -2.22. The van der Waals surface area contributed by atoms with Gasteiger partial charge in [0.2, 0.25) is 0 Å². The second-order valence-corrected chi connectivity index (χ2v) is 5.44. The molecule has 118 valence electrons. The summed E-state index contributed by atoms with van der Waals surface area (Å²) in [6, 6.07) is 11.2. The van der Waals surface area contributed by atoms with Crippen molar-refractivity contribution < 1.29 is 5.11 Å². The van der Waals surface area contributed by atoms with Crippen molar-refractivity contribution in [2.24, 2.45) is 0 Å². The number of nitrogens with one attached hydrogen (secondary N) is 1. The molecule has 0 aliphatic rings. The van der Waals surface area contributed by atoms with Crippen molar-refractivity contribution in [2.75, 3.05) is 11.4 Å². The molecule has 0 spiro atoms. The van der Waals surface area contributed by atoms with Crippen LogP contribution in [0.2, 0.25) is 0 Å². The van der Waals surface area contributed by atoms with Crippen LogP contribution in [0.1, 0.15) is 38.8 Å². The number of para-hydroxylation sites is 1. The number of aromatic nitrogens is 1. The highest BCUT2D eigenvalue weighted by Gasteiger charge is 2.18. The SMILES string of the molecule is CCCCc1[nH]c(=O)cc(O)c1N(CCC)c1ccccc1. The third-order valence-electron chi connectivity index (χ3n) is 3.64. The number of aromatic amines is 1. The van der Waals surface area contributed by atoms with Gasteiger partial charge in [-0.1, -0.05) is 38.5 Å². The Morgan fingerprint density at radius 3 is 2.50 bits per heavy atom. The number of unbranched alkanes of at least 4 members (excludes halogenated alkanes) is 1. The lowest BCUT2D eigenvalue weighted by molar-refractivity contribution is 0.472. The molecule has 4 nitrogen and oxygen atoms in total. The summed E-state index contributed by atoms with van der Waals surface area (Å²) < 4.78 is 0. The minimum absolute atomic E-state index is 0.0483. The number of aromatic hydroxyl groups is 1. The summed E-state index contributed by atoms with van der Waals surface area (Å²) in [5.41, 5.74) is 2.30. The second-order valence-electron chi connectivity index (χ2n) is 5.44. The first-order valence-electron chi connectivity index (χ1n) is 7.95. The van der Waals surface area contributed by atoms with E-state index in [1.807, 2.05) is 30.3 Å². The predicted octanol–water partition coefficient (Wildman–Crippen LogP) is 3.97. The second kappa shape index (κ2) is 7.69. The molecule has 0 aliphatic heterocycles. The molecule has 2 rings (SSSR count). The zero-order chi connectivity index (χ0) is 15.9. The quantitative estimate of drug-likeness (QED) is 0.813. The lowest BCUT2D eigenvalue weighted by Gasteiger charge is -2.27. The highest BCUT2D eigenvalue weighted by Crippen LogP contribution is 2.35. The van der Waals surface area contributed by atoms with Gasteiger partial charge in [0.1, 0.15) is 11.4 Å². The van der Waals surface area contributed by atoms with Gasteiger partial charge >= 0.3 is 0 Å². The van der Waals surface area contributed by atoms with Gasteiger partial charge in [0.25, 0.3) is 5.56 Å². The van der Waals surface area contributed by atoms with E-state index in [9.17, 15) is 9.90 Å². The zero-order valence-corrected chi connectivity index (χ0v) is 13.3. The van der Waals surface area contributed by atoms with Crippen molar-refractivity contribution >= 4 is 11.4 Å². The van der Waals surface area contributed by atoms with Gasteiger partial charge in [0, 0.05) is 24.0 Å². The topological polar surface area (TPSA) is 56.3 Å². The Kier molecular flexibility index (Phi) is 5.64. The number of rotatable bonds is 7. The minimum atomic E-state index is -0.253. The average molecular weight is 300 g/mol. The normalized spacial score (nSPS) is 10.6. The molecule has 22 heavy (non-hydrogen) atoms. The van der Waals surface area contributed by atoms with Crippen molar-refractivity contribution in [1.29, 1.82) is 0 Å². The monoisotopic (exact) mass is 300 g/mol. The molecular formula is C18H24N2O2. The number of pyridine rings is 1.